The van der Waals surface area contributed by atoms with E-state index in [2.05, 4.69) is 131 Å². The minimum Gasteiger partial charge on any atom is -0.480 e. The van der Waals surface area contributed by atoms with Crippen LogP contribution < -0.4 is 4.90 Å². The van der Waals surface area contributed by atoms with E-state index in [1.54, 1.807) is 11.3 Å². The maximum atomic E-state index is 10.1. The maximum absolute atomic E-state index is 10.1. The van der Waals surface area contributed by atoms with Crippen LogP contribution in [0.1, 0.15) is 102 Å². The van der Waals surface area contributed by atoms with Gasteiger partial charge in [-0.15, -0.1) is 11.3 Å². The fraction of sp³-hybridized carbons (Fsp3) is 0.312. The van der Waals surface area contributed by atoms with E-state index < -0.39 is 5.60 Å². The van der Waals surface area contributed by atoms with Crippen molar-refractivity contribution in [2.75, 3.05) is 4.90 Å². The molecule has 0 spiro atoms. The molecule has 1 aromatic heterocycles. The number of aryl methyl sites for hydroxylation is 4. The largest absolute Gasteiger partial charge is 0.480 e. The molecule has 0 N–H and O–H groups in total. The van der Waals surface area contributed by atoms with Gasteiger partial charge in [-0.25, -0.2) is 0 Å². The molecule has 5 rings (SSSR count). The number of hydrogen-bond acceptors (Lipinski definition) is 6. The Labute approximate surface area is 326 Å². The highest BCUT2D eigenvalue weighted by Crippen LogP contribution is 2.42. The Hall–Kier alpha value is -5.61. The summed E-state index contributed by atoms with van der Waals surface area (Å²) in [7, 11) is 0. The SMILES string of the molecule is CCCCc1c(C=CC2=C(C#N)C(=C(C#N)C#N)OC2(C)C)sc(C=Cc2ccc(N(c3ccc(C)c(C)c3)c3ccc(C)c(C)c3)cc2)c1CCCC. The third kappa shape index (κ3) is 8.60. The van der Waals surface area contributed by atoms with Crippen LogP contribution in [0.2, 0.25) is 0 Å². The molecular weight excluding hydrogens is 681 g/mol. The van der Waals surface area contributed by atoms with Crippen molar-refractivity contribution in [3.05, 3.63) is 138 Å². The van der Waals surface area contributed by atoms with Crippen LogP contribution >= 0.6 is 11.3 Å². The molecule has 0 radical (unpaired) electrons. The third-order valence-electron chi connectivity index (χ3n) is 10.3. The molecule has 0 atom stereocenters. The first-order valence-corrected chi connectivity index (χ1v) is 19.7. The average molecular weight is 731 g/mol. The minimum atomic E-state index is -0.858. The zero-order valence-electron chi connectivity index (χ0n) is 32.9. The van der Waals surface area contributed by atoms with E-state index >= 15 is 0 Å². The Morgan fingerprint density at radius 3 is 1.65 bits per heavy atom. The van der Waals surface area contributed by atoms with Crippen LogP contribution in [0, 0.1) is 61.7 Å². The predicted molar refractivity (Wildman–Crippen MR) is 226 cm³/mol. The number of hydrogen-bond donors (Lipinski definition) is 0. The van der Waals surface area contributed by atoms with Crippen molar-refractivity contribution in [3.63, 3.8) is 0 Å². The summed E-state index contributed by atoms with van der Waals surface area (Å²) in [6.45, 7) is 16.8. The van der Waals surface area contributed by atoms with Crippen LogP contribution in [0.25, 0.3) is 18.2 Å². The molecule has 274 valence electrons. The van der Waals surface area contributed by atoms with Crippen LogP contribution in [0.4, 0.5) is 17.1 Å². The first kappa shape index (κ1) is 39.6. The molecule has 0 saturated carbocycles. The highest BCUT2D eigenvalue weighted by atomic mass is 32.1. The second-order valence-electron chi connectivity index (χ2n) is 14.6. The first-order chi connectivity index (χ1) is 26.0. The van der Waals surface area contributed by atoms with Crippen molar-refractivity contribution in [1.29, 1.82) is 15.8 Å². The van der Waals surface area contributed by atoms with Crippen LogP contribution in [0.15, 0.2) is 89.2 Å². The number of ether oxygens (including phenoxy) is 1. The van der Waals surface area contributed by atoms with Gasteiger partial charge in [0.05, 0.1) is 0 Å². The molecular formula is C48H50N4OS. The van der Waals surface area contributed by atoms with Crippen LogP contribution in [0.5, 0.6) is 0 Å². The minimum absolute atomic E-state index is 0.0638. The second-order valence-corrected chi connectivity index (χ2v) is 15.6. The normalized spacial score (nSPS) is 13.6. The molecule has 54 heavy (non-hydrogen) atoms. The standard InChI is InChI=1S/C48H50N4OS/c1-9-11-13-41-42(14-12-10-2)46(26-24-44-43(31-51)47(37(29-49)30-50)53-48(44,7)8)54-45(41)25-19-36-17-22-38(23-18-36)52(39-20-15-32(3)34(5)27-39)40-21-16-33(4)35(6)28-40/h15-28H,9-14H2,1-8H3. The van der Waals surface area contributed by atoms with Gasteiger partial charge in [0.2, 0.25) is 0 Å². The van der Waals surface area contributed by atoms with Crippen molar-refractivity contribution < 1.29 is 4.74 Å². The third-order valence-corrected chi connectivity index (χ3v) is 11.5. The van der Waals surface area contributed by atoms with E-state index in [1.165, 1.54) is 43.1 Å². The molecule has 0 unspecified atom stereocenters. The van der Waals surface area contributed by atoms with Gasteiger partial charge in [-0.05, 0) is 155 Å². The van der Waals surface area contributed by atoms with Crippen LogP contribution in [-0.2, 0) is 17.6 Å². The van der Waals surface area contributed by atoms with E-state index in [-0.39, 0.29) is 16.9 Å². The van der Waals surface area contributed by atoms with Gasteiger partial charge < -0.3 is 9.64 Å². The van der Waals surface area contributed by atoms with Gasteiger partial charge >= 0.3 is 0 Å². The number of nitrogens with zero attached hydrogens (tertiary/aromatic N) is 4. The lowest BCUT2D eigenvalue weighted by atomic mass is 9.93. The highest BCUT2D eigenvalue weighted by Gasteiger charge is 2.38. The molecule has 6 heteroatoms. The van der Waals surface area contributed by atoms with Crippen molar-refractivity contribution in [1.82, 2.24) is 0 Å². The number of rotatable bonds is 13. The van der Waals surface area contributed by atoms with Gasteiger partial charge in [-0.1, -0.05) is 63.1 Å². The fourth-order valence-corrected chi connectivity index (χ4v) is 7.99. The second kappa shape index (κ2) is 17.5. The quantitative estimate of drug-likeness (QED) is 0.128. The molecule has 5 nitrogen and oxygen atoms in total. The van der Waals surface area contributed by atoms with Crippen LogP contribution in [0.3, 0.4) is 0 Å². The number of nitriles is 3. The van der Waals surface area contributed by atoms with Crippen LogP contribution in [-0.4, -0.2) is 5.60 Å². The fourth-order valence-electron chi connectivity index (χ4n) is 6.79. The van der Waals surface area contributed by atoms with Crippen molar-refractivity contribution in [2.45, 2.75) is 99.5 Å². The first-order valence-electron chi connectivity index (χ1n) is 18.9. The monoisotopic (exact) mass is 730 g/mol. The van der Waals surface area contributed by atoms with Gasteiger partial charge in [0.25, 0.3) is 0 Å². The summed E-state index contributed by atoms with van der Waals surface area (Å²) in [6.07, 6.45) is 14.9. The zero-order valence-corrected chi connectivity index (χ0v) is 33.7. The lowest BCUT2D eigenvalue weighted by molar-refractivity contribution is 0.0954. The molecule has 0 aliphatic carbocycles. The number of thiophene rings is 1. The molecule has 0 fully saturated rings. The predicted octanol–water partition coefficient (Wildman–Crippen LogP) is 13.3. The molecule has 4 aromatic rings. The summed E-state index contributed by atoms with van der Waals surface area (Å²) in [5.41, 5.74) is 12.2. The zero-order chi connectivity index (χ0) is 39.0. The number of allylic oxidation sites excluding steroid dienone is 2. The maximum Gasteiger partial charge on any atom is 0.172 e. The topological polar surface area (TPSA) is 83.8 Å². The number of benzene rings is 3. The molecule has 0 bridgehead atoms. The Morgan fingerprint density at radius 1 is 0.685 bits per heavy atom. The molecule has 2 heterocycles. The Morgan fingerprint density at radius 2 is 1.19 bits per heavy atom. The summed E-state index contributed by atoms with van der Waals surface area (Å²) in [5, 5.41) is 29.1. The van der Waals surface area contributed by atoms with E-state index in [4.69, 9.17) is 4.74 Å². The highest BCUT2D eigenvalue weighted by molar-refractivity contribution is 7.14. The summed E-state index contributed by atoms with van der Waals surface area (Å²) in [4.78, 5) is 4.75. The van der Waals surface area contributed by atoms with Gasteiger partial charge in [-0.3, -0.25) is 0 Å². The Bertz CT molecular complexity index is 2210. The Balaban J connectivity index is 1.54. The summed E-state index contributed by atoms with van der Waals surface area (Å²) >= 11 is 1.78. The van der Waals surface area contributed by atoms with Crippen molar-refractivity contribution >= 4 is 46.6 Å². The lowest BCUT2D eigenvalue weighted by Crippen LogP contribution is -2.20. The molecule has 1 aliphatic rings. The van der Waals surface area contributed by atoms with Gasteiger partial charge in [0, 0.05) is 32.4 Å². The summed E-state index contributed by atoms with van der Waals surface area (Å²) in [6, 6.07) is 28.1. The smallest absolute Gasteiger partial charge is 0.172 e. The van der Waals surface area contributed by atoms with E-state index in [1.807, 2.05) is 32.1 Å². The average Bonchev–Trinajstić information content (AvgIpc) is 3.62. The van der Waals surface area contributed by atoms with E-state index in [0.717, 1.165) is 61.2 Å². The number of anilines is 3. The molecule has 1 aliphatic heterocycles. The summed E-state index contributed by atoms with van der Waals surface area (Å²) < 4.78 is 6.03. The number of unbranched alkanes of at least 4 members (excludes halogenated alkanes) is 2. The molecule has 0 amide bonds. The van der Waals surface area contributed by atoms with E-state index in [9.17, 15) is 15.8 Å². The lowest BCUT2D eigenvalue weighted by Gasteiger charge is -2.27. The molecule has 3 aromatic carbocycles. The summed E-state index contributed by atoms with van der Waals surface area (Å²) in [5.74, 6) is 0.0638. The van der Waals surface area contributed by atoms with Gasteiger partial charge in [-0.2, -0.15) is 15.8 Å². The van der Waals surface area contributed by atoms with Crippen molar-refractivity contribution in [3.8, 4) is 18.2 Å². The van der Waals surface area contributed by atoms with Crippen molar-refractivity contribution in [2.24, 2.45) is 0 Å². The van der Waals surface area contributed by atoms with Gasteiger partial charge in [0.15, 0.2) is 11.3 Å². The Kier molecular flexibility index (Phi) is 12.8. The molecule has 0 saturated heterocycles. The van der Waals surface area contributed by atoms with Gasteiger partial charge in [0.1, 0.15) is 29.4 Å². The van der Waals surface area contributed by atoms with E-state index in [0.29, 0.717) is 5.57 Å².